The average molecular weight is 667 g/mol. The van der Waals surface area contributed by atoms with Crippen molar-refractivity contribution in [1.29, 1.82) is 0 Å². The fourth-order valence-electron chi connectivity index (χ4n) is 10.1. The summed E-state index contributed by atoms with van der Waals surface area (Å²) in [6, 6.07) is 13.4. The van der Waals surface area contributed by atoms with Gasteiger partial charge in [0, 0.05) is 57.1 Å². The van der Waals surface area contributed by atoms with Crippen molar-refractivity contribution in [3.8, 4) is 0 Å². The first-order valence-corrected chi connectivity index (χ1v) is 18.1. The Kier molecular flexibility index (Phi) is 9.39. The van der Waals surface area contributed by atoms with Crippen molar-refractivity contribution in [3.05, 3.63) is 70.3 Å². The van der Waals surface area contributed by atoms with Crippen LogP contribution in [0, 0.1) is 36.5 Å². The van der Waals surface area contributed by atoms with Crippen LogP contribution in [0.1, 0.15) is 96.9 Å². The third-order valence-corrected chi connectivity index (χ3v) is 12.7. The van der Waals surface area contributed by atoms with E-state index in [2.05, 4.69) is 36.1 Å². The number of carbonyl (C=O) groups is 2. The molecule has 2 aromatic rings. The van der Waals surface area contributed by atoms with Gasteiger partial charge in [-0.25, -0.2) is 0 Å². The summed E-state index contributed by atoms with van der Waals surface area (Å²) < 4.78 is 47.9. The molecule has 0 spiro atoms. The highest BCUT2D eigenvalue weighted by Crippen LogP contribution is 2.62. The minimum absolute atomic E-state index is 0.00860. The Hall–Kier alpha value is -2.91. The van der Waals surface area contributed by atoms with Crippen molar-refractivity contribution in [1.82, 2.24) is 9.80 Å². The first kappa shape index (κ1) is 33.6. The van der Waals surface area contributed by atoms with E-state index in [0.717, 1.165) is 37.1 Å². The van der Waals surface area contributed by atoms with Gasteiger partial charge in [0.2, 0.25) is 5.91 Å². The molecule has 7 rings (SSSR count). The summed E-state index contributed by atoms with van der Waals surface area (Å²) in [7, 11) is 1.65. The summed E-state index contributed by atoms with van der Waals surface area (Å²) in [5.74, 6) is -0.827. The summed E-state index contributed by atoms with van der Waals surface area (Å²) in [6.45, 7) is 5.11. The van der Waals surface area contributed by atoms with Gasteiger partial charge in [0.05, 0.1) is 24.0 Å². The molecule has 3 saturated carbocycles. The van der Waals surface area contributed by atoms with Gasteiger partial charge in [0.1, 0.15) is 0 Å². The zero-order chi connectivity index (χ0) is 33.7. The van der Waals surface area contributed by atoms with Crippen LogP contribution in [0.2, 0.25) is 0 Å². The lowest BCUT2D eigenvalue weighted by molar-refractivity contribution is -0.142. The number of carboxylic acid groups (broad SMARTS) is 1. The number of methoxy groups -OCH3 is 1. The Balaban J connectivity index is 1.17. The van der Waals surface area contributed by atoms with Gasteiger partial charge in [0.15, 0.2) is 0 Å². The van der Waals surface area contributed by atoms with Crippen LogP contribution < -0.4 is 0 Å². The molecule has 2 aromatic carbocycles. The van der Waals surface area contributed by atoms with Crippen LogP contribution in [0.15, 0.2) is 42.5 Å². The molecule has 6 nitrogen and oxygen atoms in total. The third-order valence-electron chi connectivity index (χ3n) is 12.7. The number of aliphatic carboxylic acids is 1. The quantitative estimate of drug-likeness (QED) is 0.317. The van der Waals surface area contributed by atoms with E-state index in [9.17, 15) is 27.9 Å². The van der Waals surface area contributed by atoms with Crippen molar-refractivity contribution in [2.45, 2.75) is 88.3 Å². The highest BCUT2D eigenvalue weighted by atomic mass is 19.4. The average Bonchev–Trinajstić information content (AvgIpc) is 3.42. The zero-order valence-corrected chi connectivity index (χ0v) is 28.1. The monoisotopic (exact) mass is 666 g/mol. The number of hydrogen-bond acceptors (Lipinski definition) is 4. The van der Waals surface area contributed by atoms with E-state index < -0.39 is 17.7 Å². The molecule has 0 bridgehead atoms. The standard InChI is InChI=1S/C39H49F3N2O4/c1-23-7-9-24(10-8-23)33-19-43(28-5-3-4-6-28)21-35(33)37(45)44-18-26(22-48-2)34(20-44)29-16-13-27(39(40,41)42)17-32(29)36-30-14-11-25(38(46)47)12-15-31(30)36/h7-10,13,16-17,25-26,28,30-31,33-36H,3-6,11-12,14-15,18-22H2,1-2H3,(H,46,47)/t25?,26-,30+,31?,33+,34?,35-,36?/m1/s1. The fourth-order valence-corrected chi connectivity index (χ4v) is 10.1. The summed E-state index contributed by atoms with van der Waals surface area (Å²) in [4.78, 5) is 30.8. The number of ether oxygens (including phenoxy) is 1. The Morgan fingerprint density at radius 2 is 1.54 bits per heavy atom. The normalized spacial score (nSPS) is 32.7. The molecule has 4 unspecified atom stereocenters. The SMILES string of the molecule is COC[C@H]1CN(C(=O)[C@@H]2CN(C3CCCC3)C[C@H]2c2ccc(C)cc2)CC1c1ccc(C(F)(F)F)cc1C1C2CCC(C(=O)O)CC[C@@H]21. The van der Waals surface area contributed by atoms with Crippen molar-refractivity contribution in [2.24, 2.45) is 29.6 Å². The topological polar surface area (TPSA) is 70.1 Å². The van der Waals surface area contributed by atoms with E-state index in [1.807, 2.05) is 4.90 Å². The maximum Gasteiger partial charge on any atom is 0.416 e. The van der Waals surface area contributed by atoms with E-state index in [4.69, 9.17) is 4.74 Å². The number of nitrogens with zero attached hydrogens (tertiary/aromatic N) is 2. The van der Waals surface area contributed by atoms with E-state index in [0.29, 0.717) is 38.6 Å². The number of likely N-dealkylation sites (tertiary alicyclic amines) is 2. The third kappa shape index (κ3) is 6.53. The van der Waals surface area contributed by atoms with Gasteiger partial charge >= 0.3 is 12.1 Å². The second kappa shape index (κ2) is 13.4. The molecule has 0 aromatic heterocycles. The number of amides is 1. The molecular formula is C39H49F3N2O4. The molecule has 48 heavy (non-hydrogen) atoms. The number of carboxylic acids is 1. The van der Waals surface area contributed by atoms with Crippen molar-refractivity contribution >= 4 is 11.9 Å². The Labute approximate surface area is 282 Å². The van der Waals surface area contributed by atoms with Crippen molar-refractivity contribution in [3.63, 3.8) is 0 Å². The molecule has 260 valence electrons. The number of rotatable bonds is 8. The molecule has 1 N–H and O–H groups in total. The minimum atomic E-state index is -4.46. The summed E-state index contributed by atoms with van der Waals surface area (Å²) in [5, 5.41) is 9.58. The van der Waals surface area contributed by atoms with Gasteiger partial charge in [0.25, 0.3) is 0 Å². The highest BCUT2D eigenvalue weighted by molar-refractivity contribution is 5.81. The highest BCUT2D eigenvalue weighted by Gasteiger charge is 2.54. The zero-order valence-electron chi connectivity index (χ0n) is 28.1. The molecule has 8 atom stereocenters. The Morgan fingerprint density at radius 3 is 2.17 bits per heavy atom. The molecule has 0 radical (unpaired) electrons. The number of halogens is 3. The number of carbonyl (C=O) groups excluding carboxylic acids is 1. The Bertz CT molecular complexity index is 1480. The molecular weight excluding hydrogens is 617 g/mol. The first-order chi connectivity index (χ1) is 23.0. The van der Waals surface area contributed by atoms with E-state index in [1.54, 1.807) is 13.2 Å². The van der Waals surface area contributed by atoms with Gasteiger partial charge in [-0.1, -0.05) is 48.7 Å². The van der Waals surface area contributed by atoms with Crippen LogP contribution in [-0.2, 0) is 20.5 Å². The molecule has 2 heterocycles. The maximum absolute atomic E-state index is 14.6. The molecule has 2 aliphatic heterocycles. The second-order valence-electron chi connectivity index (χ2n) is 15.5. The molecule has 3 aliphatic carbocycles. The summed E-state index contributed by atoms with van der Waals surface area (Å²) >= 11 is 0. The van der Waals surface area contributed by atoms with Gasteiger partial charge in [-0.05, 0) is 92.0 Å². The van der Waals surface area contributed by atoms with Gasteiger partial charge in [-0.3, -0.25) is 14.5 Å². The van der Waals surface area contributed by atoms with Crippen LogP contribution in [-0.4, -0.2) is 72.7 Å². The predicted octanol–water partition coefficient (Wildman–Crippen LogP) is 7.46. The lowest BCUT2D eigenvalue weighted by Crippen LogP contribution is -2.38. The van der Waals surface area contributed by atoms with Crippen molar-refractivity contribution < 1.29 is 32.6 Å². The lowest BCUT2D eigenvalue weighted by atomic mass is 9.83. The molecule has 5 fully saturated rings. The summed E-state index contributed by atoms with van der Waals surface area (Å²) in [6.07, 6.45) is 2.96. The van der Waals surface area contributed by atoms with E-state index in [1.165, 1.54) is 48.9 Å². The van der Waals surface area contributed by atoms with Crippen LogP contribution in [0.3, 0.4) is 0 Å². The second-order valence-corrected chi connectivity index (χ2v) is 15.5. The van der Waals surface area contributed by atoms with Crippen LogP contribution >= 0.6 is 0 Å². The lowest BCUT2D eigenvalue weighted by Gasteiger charge is -2.26. The molecule has 9 heteroatoms. The number of hydrogen-bond donors (Lipinski definition) is 1. The van der Waals surface area contributed by atoms with Gasteiger partial charge in [-0.2, -0.15) is 13.2 Å². The fraction of sp³-hybridized carbons (Fsp3) is 0.641. The largest absolute Gasteiger partial charge is 0.481 e. The van der Waals surface area contributed by atoms with Gasteiger partial charge < -0.3 is 14.7 Å². The number of benzene rings is 2. The number of alkyl halides is 3. The first-order valence-electron chi connectivity index (χ1n) is 18.1. The number of fused-ring (bicyclic) bond motifs is 1. The van der Waals surface area contributed by atoms with Crippen LogP contribution in [0.25, 0.3) is 0 Å². The van der Waals surface area contributed by atoms with E-state index in [-0.39, 0.29) is 53.3 Å². The number of aryl methyl sites for hydroxylation is 1. The molecule has 1 amide bonds. The smallest absolute Gasteiger partial charge is 0.416 e. The predicted molar refractivity (Wildman–Crippen MR) is 177 cm³/mol. The molecule has 2 saturated heterocycles. The summed E-state index contributed by atoms with van der Waals surface area (Å²) in [5.41, 5.74) is 3.41. The van der Waals surface area contributed by atoms with Crippen LogP contribution in [0.5, 0.6) is 0 Å². The van der Waals surface area contributed by atoms with Gasteiger partial charge in [-0.15, -0.1) is 0 Å². The van der Waals surface area contributed by atoms with Crippen LogP contribution in [0.4, 0.5) is 13.2 Å². The minimum Gasteiger partial charge on any atom is -0.481 e. The maximum atomic E-state index is 14.6. The Morgan fingerprint density at radius 1 is 0.854 bits per heavy atom. The molecule has 5 aliphatic rings. The van der Waals surface area contributed by atoms with E-state index >= 15 is 0 Å². The van der Waals surface area contributed by atoms with Crippen molar-refractivity contribution in [2.75, 3.05) is 39.9 Å².